The van der Waals surface area contributed by atoms with Crippen LogP contribution in [-0.2, 0) is 16.0 Å². The molecule has 1 heterocycles. The molecule has 1 aromatic heterocycles. The van der Waals surface area contributed by atoms with E-state index < -0.39 is 0 Å². The van der Waals surface area contributed by atoms with Crippen molar-refractivity contribution in [2.75, 3.05) is 32.7 Å². The van der Waals surface area contributed by atoms with E-state index in [1.807, 2.05) is 12.1 Å². The quantitative estimate of drug-likeness (QED) is 0.599. The van der Waals surface area contributed by atoms with Gasteiger partial charge in [0.05, 0.1) is 24.2 Å². The molecule has 0 spiro atoms. The monoisotopic (exact) mass is 289 g/mol. The lowest BCUT2D eigenvalue weighted by molar-refractivity contribution is 0.0680. The van der Waals surface area contributed by atoms with Crippen molar-refractivity contribution >= 4 is 16.7 Å². The average Bonchev–Trinajstić information content (AvgIpc) is 3.25. The smallest absolute Gasteiger partial charge is 0.112 e. The standard InChI is InChI=1S/C16H23N3O2/c1-20-9-10-21-8-2-7-19-15-6-5-13(17)11-14(15)18-16(19)12-3-4-12/h5-6,11-12H,2-4,7-10,17H2,1H3. The zero-order valence-electron chi connectivity index (χ0n) is 12.5. The number of anilines is 1. The number of aromatic nitrogens is 2. The summed E-state index contributed by atoms with van der Waals surface area (Å²) in [5.41, 5.74) is 8.83. The molecule has 21 heavy (non-hydrogen) atoms. The summed E-state index contributed by atoms with van der Waals surface area (Å²) in [5.74, 6) is 1.85. The molecule has 114 valence electrons. The highest BCUT2D eigenvalue weighted by molar-refractivity contribution is 5.79. The maximum atomic E-state index is 5.86. The van der Waals surface area contributed by atoms with E-state index in [0.717, 1.165) is 30.8 Å². The van der Waals surface area contributed by atoms with Crippen LogP contribution >= 0.6 is 0 Å². The van der Waals surface area contributed by atoms with Gasteiger partial charge in [0.25, 0.3) is 0 Å². The summed E-state index contributed by atoms with van der Waals surface area (Å²) in [6.07, 6.45) is 3.49. The van der Waals surface area contributed by atoms with Gasteiger partial charge in [-0.1, -0.05) is 0 Å². The first-order chi connectivity index (χ1) is 10.3. The van der Waals surface area contributed by atoms with Crippen molar-refractivity contribution in [1.82, 2.24) is 9.55 Å². The maximum absolute atomic E-state index is 5.86. The minimum absolute atomic E-state index is 0.632. The summed E-state index contributed by atoms with van der Waals surface area (Å²) in [6, 6.07) is 5.99. The van der Waals surface area contributed by atoms with Crippen LogP contribution in [0.15, 0.2) is 18.2 Å². The van der Waals surface area contributed by atoms with E-state index in [9.17, 15) is 0 Å². The van der Waals surface area contributed by atoms with Gasteiger partial charge in [-0.2, -0.15) is 0 Å². The summed E-state index contributed by atoms with van der Waals surface area (Å²) < 4.78 is 12.9. The number of hydrogen-bond acceptors (Lipinski definition) is 4. The molecule has 0 radical (unpaired) electrons. The molecule has 3 rings (SSSR count). The molecule has 0 atom stereocenters. The van der Waals surface area contributed by atoms with E-state index in [0.29, 0.717) is 19.1 Å². The second kappa shape index (κ2) is 6.45. The van der Waals surface area contributed by atoms with Gasteiger partial charge in [0.1, 0.15) is 5.82 Å². The van der Waals surface area contributed by atoms with Crippen LogP contribution in [0.25, 0.3) is 11.0 Å². The first kappa shape index (κ1) is 14.4. The Morgan fingerprint density at radius 3 is 2.90 bits per heavy atom. The minimum atomic E-state index is 0.632. The number of imidazole rings is 1. The van der Waals surface area contributed by atoms with E-state index in [4.69, 9.17) is 20.2 Å². The third-order valence-electron chi connectivity index (χ3n) is 3.85. The van der Waals surface area contributed by atoms with Gasteiger partial charge in [0, 0.05) is 31.9 Å². The number of nitrogens with zero attached hydrogens (tertiary/aromatic N) is 2. The van der Waals surface area contributed by atoms with Gasteiger partial charge in [0.15, 0.2) is 0 Å². The Labute approximate surface area is 125 Å². The van der Waals surface area contributed by atoms with Crippen LogP contribution in [0.4, 0.5) is 5.69 Å². The molecule has 0 aliphatic heterocycles. The lowest BCUT2D eigenvalue weighted by Crippen LogP contribution is -2.08. The summed E-state index contributed by atoms with van der Waals surface area (Å²) in [7, 11) is 1.69. The Bertz CT molecular complexity index is 605. The normalized spacial score (nSPS) is 14.9. The third kappa shape index (κ3) is 3.36. The Morgan fingerprint density at radius 2 is 2.14 bits per heavy atom. The van der Waals surface area contributed by atoms with Gasteiger partial charge >= 0.3 is 0 Å². The van der Waals surface area contributed by atoms with Crippen LogP contribution in [-0.4, -0.2) is 36.5 Å². The average molecular weight is 289 g/mol. The lowest BCUT2D eigenvalue weighted by atomic mass is 10.3. The number of nitrogens with two attached hydrogens (primary N) is 1. The number of nitrogen functional groups attached to an aromatic ring is 1. The Morgan fingerprint density at radius 1 is 1.29 bits per heavy atom. The molecule has 1 aromatic carbocycles. The summed E-state index contributed by atoms with van der Waals surface area (Å²) in [5, 5.41) is 0. The first-order valence-electron chi connectivity index (χ1n) is 7.62. The van der Waals surface area contributed by atoms with E-state index in [1.54, 1.807) is 7.11 Å². The number of fused-ring (bicyclic) bond motifs is 1. The Kier molecular flexibility index (Phi) is 4.41. The highest BCUT2D eigenvalue weighted by Gasteiger charge is 2.29. The van der Waals surface area contributed by atoms with E-state index >= 15 is 0 Å². The summed E-state index contributed by atoms with van der Waals surface area (Å²) >= 11 is 0. The number of aryl methyl sites for hydroxylation is 1. The molecule has 5 nitrogen and oxygen atoms in total. The zero-order valence-corrected chi connectivity index (χ0v) is 12.5. The highest BCUT2D eigenvalue weighted by Crippen LogP contribution is 2.40. The molecule has 0 amide bonds. The number of ether oxygens (including phenoxy) is 2. The van der Waals surface area contributed by atoms with Crippen molar-refractivity contribution in [2.24, 2.45) is 0 Å². The zero-order chi connectivity index (χ0) is 14.7. The van der Waals surface area contributed by atoms with E-state index in [1.165, 1.54) is 24.2 Å². The topological polar surface area (TPSA) is 62.3 Å². The molecule has 0 bridgehead atoms. The van der Waals surface area contributed by atoms with Crippen LogP contribution in [0.5, 0.6) is 0 Å². The molecule has 1 saturated carbocycles. The highest BCUT2D eigenvalue weighted by atomic mass is 16.5. The van der Waals surface area contributed by atoms with Crippen molar-refractivity contribution in [3.05, 3.63) is 24.0 Å². The largest absolute Gasteiger partial charge is 0.399 e. The fraction of sp³-hybridized carbons (Fsp3) is 0.562. The van der Waals surface area contributed by atoms with Crippen molar-refractivity contribution in [3.63, 3.8) is 0 Å². The van der Waals surface area contributed by atoms with Crippen LogP contribution in [0.1, 0.15) is 31.0 Å². The van der Waals surface area contributed by atoms with Gasteiger partial charge in [0.2, 0.25) is 0 Å². The van der Waals surface area contributed by atoms with E-state index in [2.05, 4.69) is 10.6 Å². The van der Waals surface area contributed by atoms with Crippen molar-refractivity contribution in [1.29, 1.82) is 0 Å². The SMILES string of the molecule is COCCOCCCn1c(C2CC2)nc2cc(N)ccc21. The van der Waals surface area contributed by atoms with Crippen LogP contribution < -0.4 is 5.73 Å². The number of methoxy groups -OCH3 is 1. The lowest BCUT2D eigenvalue weighted by Gasteiger charge is -2.09. The van der Waals surface area contributed by atoms with Crippen molar-refractivity contribution in [2.45, 2.75) is 31.7 Å². The second-order valence-corrected chi connectivity index (χ2v) is 5.60. The second-order valence-electron chi connectivity index (χ2n) is 5.60. The van der Waals surface area contributed by atoms with Crippen LogP contribution in [0.2, 0.25) is 0 Å². The van der Waals surface area contributed by atoms with Gasteiger partial charge in [-0.25, -0.2) is 4.98 Å². The molecule has 1 aliphatic rings. The van der Waals surface area contributed by atoms with E-state index in [-0.39, 0.29) is 0 Å². The Balaban J connectivity index is 1.69. The number of hydrogen-bond donors (Lipinski definition) is 1. The van der Waals surface area contributed by atoms with Gasteiger partial charge in [-0.3, -0.25) is 0 Å². The number of benzene rings is 1. The molecule has 5 heteroatoms. The van der Waals surface area contributed by atoms with Crippen molar-refractivity contribution in [3.8, 4) is 0 Å². The predicted octanol–water partition coefficient (Wildman–Crippen LogP) is 2.55. The van der Waals surface area contributed by atoms with Gasteiger partial charge in [-0.15, -0.1) is 0 Å². The third-order valence-corrected chi connectivity index (χ3v) is 3.85. The molecule has 2 aromatic rings. The molecular formula is C16H23N3O2. The predicted molar refractivity (Wildman–Crippen MR) is 83.4 cm³/mol. The molecular weight excluding hydrogens is 266 g/mol. The number of rotatable bonds is 8. The summed E-state index contributed by atoms with van der Waals surface area (Å²) in [6.45, 7) is 3.01. The van der Waals surface area contributed by atoms with Gasteiger partial charge < -0.3 is 19.8 Å². The molecule has 2 N–H and O–H groups in total. The van der Waals surface area contributed by atoms with Crippen LogP contribution in [0, 0.1) is 0 Å². The fourth-order valence-electron chi connectivity index (χ4n) is 2.62. The maximum Gasteiger partial charge on any atom is 0.112 e. The fourth-order valence-corrected chi connectivity index (χ4v) is 2.62. The molecule has 0 unspecified atom stereocenters. The molecule has 1 aliphatic carbocycles. The van der Waals surface area contributed by atoms with Gasteiger partial charge in [-0.05, 0) is 37.5 Å². The van der Waals surface area contributed by atoms with Crippen LogP contribution in [0.3, 0.4) is 0 Å². The molecule has 1 fully saturated rings. The minimum Gasteiger partial charge on any atom is -0.399 e. The Hall–Kier alpha value is -1.59. The first-order valence-corrected chi connectivity index (χ1v) is 7.62. The molecule has 0 saturated heterocycles. The summed E-state index contributed by atoms with van der Waals surface area (Å²) in [4.78, 5) is 4.79. The van der Waals surface area contributed by atoms with Crippen molar-refractivity contribution < 1.29 is 9.47 Å².